The van der Waals surface area contributed by atoms with Crippen molar-refractivity contribution >= 4 is 17.4 Å². The van der Waals surface area contributed by atoms with E-state index >= 15 is 0 Å². The highest BCUT2D eigenvalue weighted by atomic mass is 16.2. The Hall–Kier alpha value is -2.56. The number of hydrogen-bond acceptors (Lipinski definition) is 4. The first-order valence-electron chi connectivity index (χ1n) is 9.84. The smallest absolute Gasteiger partial charge is 0.254 e. The minimum Gasteiger partial charge on any atom is -0.370 e. The van der Waals surface area contributed by atoms with Gasteiger partial charge >= 0.3 is 0 Å². The minimum atomic E-state index is 0.0909. The van der Waals surface area contributed by atoms with E-state index in [0.29, 0.717) is 11.5 Å². The van der Waals surface area contributed by atoms with E-state index < -0.39 is 0 Å². The van der Waals surface area contributed by atoms with Crippen LogP contribution < -0.4 is 10.2 Å². The van der Waals surface area contributed by atoms with Crippen LogP contribution in [0.15, 0.2) is 42.6 Å². The topological polar surface area (TPSA) is 48.5 Å². The lowest BCUT2D eigenvalue weighted by Gasteiger charge is -2.36. The predicted octanol–water partition coefficient (Wildman–Crippen LogP) is 3.81. The molecule has 1 aliphatic rings. The van der Waals surface area contributed by atoms with Gasteiger partial charge in [0.2, 0.25) is 0 Å². The number of piperazine rings is 1. The maximum absolute atomic E-state index is 12.9. The van der Waals surface area contributed by atoms with Crippen molar-refractivity contribution in [3.8, 4) is 0 Å². The summed E-state index contributed by atoms with van der Waals surface area (Å²) in [6, 6.07) is 12.2. The molecule has 0 saturated carbocycles. The zero-order valence-electron chi connectivity index (χ0n) is 16.6. The number of rotatable bonds is 6. The van der Waals surface area contributed by atoms with Crippen molar-refractivity contribution in [3.05, 3.63) is 53.7 Å². The van der Waals surface area contributed by atoms with E-state index in [1.165, 1.54) is 11.3 Å². The van der Waals surface area contributed by atoms with Crippen LogP contribution in [-0.4, -0.2) is 48.5 Å². The molecule has 1 amide bonds. The van der Waals surface area contributed by atoms with Crippen LogP contribution in [0.3, 0.4) is 0 Å². The number of nitrogens with one attached hydrogen (secondary N) is 1. The fourth-order valence-electron chi connectivity index (χ4n) is 3.32. The largest absolute Gasteiger partial charge is 0.370 e. The average Bonchev–Trinajstić information content (AvgIpc) is 2.67. The standard InChI is InChI=1S/C22H30N4O/c1-17(2)7-9-23-21-16-19(8-10-24-21)22(27)26-13-11-25(12-14-26)20-6-4-5-18(3)15-20/h4-6,8,10,15-17H,7,9,11-14H2,1-3H3,(H,23,24). The van der Waals surface area contributed by atoms with E-state index in [4.69, 9.17) is 0 Å². The summed E-state index contributed by atoms with van der Waals surface area (Å²) in [4.78, 5) is 21.5. The molecule has 1 saturated heterocycles. The third kappa shape index (κ3) is 5.22. The Morgan fingerprint density at radius 2 is 1.93 bits per heavy atom. The number of hydrogen-bond donors (Lipinski definition) is 1. The van der Waals surface area contributed by atoms with Gasteiger partial charge in [0, 0.05) is 50.2 Å². The molecule has 0 radical (unpaired) electrons. The van der Waals surface area contributed by atoms with Crippen LogP contribution in [0.4, 0.5) is 11.5 Å². The summed E-state index contributed by atoms with van der Waals surface area (Å²) in [5.41, 5.74) is 3.21. The Labute approximate surface area is 162 Å². The van der Waals surface area contributed by atoms with Gasteiger partial charge in [0.05, 0.1) is 0 Å². The maximum atomic E-state index is 12.9. The van der Waals surface area contributed by atoms with Crippen LogP contribution in [0.5, 0.6) is 0 Å². The molecule has 1 aromatic carbocycles. The van der Waals surface area contributed by atoms with Gasteiger partial charge in [0.15, 0.2) is 0 Å². The Kier molecular flexibility index (Phi) is 6.32. The average molecular weight is 367 g/mol. The van der Waals surface area contributed by atoms with E-state index in [9.17, 15) is 4.79 Å². The first-order chi connectivity index (χ1) is 13.0. The van der Waals surface area contributed by atoms with E-state index in [1.807, 2.05) is 17.0 Å². The van der Waals surface area contributed by atoms with Gasteiger partial charge in [-0.2, -0.15) is 0 Å². The number of amides is 1. The normalized spacial score (nSPS) is 14.5. The first-order valence-corrected chi connectivity index (χ1v) is 9.84. The second-order valence-electron chi connectivity index (χ2n) is 7.66. The van der Waals surface area contributed by atoms with Gasteiger partial charge in [0.25, 0.3) is 5.91 Å². The molecule has 3 rings (SSSR count). The number of aryl methyl sites for hydroxylation is 1. The van der Waals surface area contributed by atoms with Gasteiger partial charge in [0.1, 0.15) is 5.82 Å². The Morgan fingerprint density at radius 1 is 1.15 bits per heavy atom. The molecule has 2 aromatic rings. The van der Waals surface area contributed by atoms with E-state index in [0.717, 1.165) is 45.0 Å². The summed E-state index contributed by atoms with van der Waals surface area (Å²) in [7, 11) is 0. The van der Waals surface area contributed by atoms with E-state index in [-0.39, 0.29) is 5.91 Å². The van der Waals surface area contributed by atoms with Crippen molar-refractivity contribution in [2.45, 2.75) is 27.2 Å². The fourth-order valence-corrected chi connectivity index (χ4v) is 3.32. The van der Waals surface area contributed by atoms with Gasteiger partial charge in [-0.05, 0) is 49.1 Å². The van der Waals surface area contributed by atoms with Crippen LogP contribution in [-0.2, 0) is 0 Å². The monoisotopic (exact) mass is 366 g/mol. The third-order valence-corrected chi connectivity index (χ3v) is 4.97. The Balaban J connectivity index is 1.57. The molecular formula is C22H30N4O. The summed E-state index contributed by atoms with van der Waals surface area (Å²) in [6.45, 7) is 10.6. The highest BCUT2D eigenvalue weighted by molar-refractivity contribution is 5.95. The van der Waals surface area contributed by atoms with Crippen molar-refractivity contribution in [2.24, 2.45) is 5.92 Å². The fraction of sp³-hybridized carbons (Fsp3) is 0.455. The number of carbonyl (C=O) groups excluding carboxylic acids is 1. The van der Waals surface area contributed by atoms with Gasteiger partial charge in [-0.15, -0.1) is 0 Å². The number of nitrogens with zero attached hydrogens (tertiary/aromatic N) is 3. The van der Waals surface area contributed by atoms with Crippen LogP contribution >= 0.6 is 0 Å². The lowest BCUT2D eigenvalue weighted by molar-refractivity contribution is 0.0746. The summed E-state index contributed by atoms with van der Waals surface area (Å²) >= 11 is 0. The second-order valence-corrected chi connectivity index (χ2v) is 7.66. The molecule has 27 heavy (non-hydrogen) atoms. The minimum absolute atomic E-state index is 0.0909. The maximum Gasteiger partial charge on any atom is 0.254 e. The summed E-state index contributed by atoms with van der Waals surface area (Å²) < 4.78 is 0. The molecule has 0 unspecified atom stereocenters. The highest BCUT2D eigenvalue weighted by Crippen LogP contribution is 2.19. The van der Waals surface area contributed by atoms with Crippen molar-refractivity contribution in [3.63, 3.8) is 0 Å². The van der Waals surface area contributed by atoms with Gasteiger partial charge in [-0.1, -0.05) is 26.0 Å². The highest BCUT2D eigenvalue weighted by Gasteiger charge is 2.22. The van der Waals surface area contributed by atoms with Crippen LogP contribution in [0.1, 0.15) is 36.2 Å². The van der Waals surface area contributed by atoms with E-state index in [1.54, 1.807) is 6.20 Å². The van der Waals surface area contributed by atoms with Crippen molar-refractivity contribution in [1.29, 1.82) is 0 Å². The molecule has 1 N–H and O–H groups in total. The number of aromatic nitrogens is 1. The number of anilines is 2. The zero-order chi connectivity index (χ0) is 19.2. The molecule has 2 heterocycles. The van der Waals surface area contributed by atoms with Crippen LogP contribution in [0, 0.1) is 12.8 Å². The quantitative estimate of drug-likeness (QED) is 0.845. The molecule has 5 heteroatoms. The van der Waals surface area contributed by atoms with Gasteiger partial charge in [-0.3, -0.25) is 4.79 Å². The summed E-state index contributed by atoms with van der Waals surface area (Å²) in [5.74, 6) is 1.51. The molecule has 0 atom stereocenters. The molecule has 1 fully saturated rings. The lowest BCUT2D eigenvalue weighted by Crippen LogP contribution is -2.48. The van der Waals surface area contributed by atoms with E-state index in [2.05, 4.69) is 60.2 Å². The van der Waals surface area contributed by atoms with Crippen molar-refractivity contribution in [2.75, 3.05) is 42.9 Å². The van der Waals surface area contributed by atoms with Gasteiger partial charge in [-0.25, -0.2) is 4.98 Å². The first kappa shape index (κ1) is 19.2. The van der Waals surface area contributed by atoms with Crippen LogP contribution in [0.2, 0.25) is 0 Å². The lowest BCUT2D eigenvalue weighted by atomic mass is 10.1. The molecule has 1 aliphatic heterocycles. The van der Waals surface area contributed by atoms with Crippen molar-refractivity contribution < 1.29 is 4.79 Å². The third-order valence-electron chi connectivity index (χ3n) is 4.97. The Morgan fingerprint density at radius 3 is 2.63 bits per heavy atom. The molecule has 0 spiro atoms. The summed E-state index contributed by atoms with van der Waals surface area (Å²) in [5, 5.41) is 3.32. The van der Waals surface area contributed by atoms with Crippen LogP contribution in [0.25, 0.3) is 0 Å². The second kappa shape index (κ2) is 8.89. The number of carbonyl (C=O) groups is 1. The summed E-state index contributed by atoms with van der Waals surface area (Å²) in [6.07, 6.45) is 2.80. The molecule has 1 aromatic heterocycles. The molecular weight excluding hydrogens is 336 g/mol. The van der Waals surface area contributed by atoms with Crippen molar-refractivity contribution in [1.82, 2.24) is 9.88 Å². The van der Waals surface area contributed by atoms with Gasteiger partial charge < -0.3 is 15.1 Å². The molecule has 0 bridgehead atoms. The molecule has 5 nitrogen and oxygen atoms in total. The SMILES string of the molecule is Cc1cccc(N2CCN(C(=O)c3ccnc(NCCC(C)C)c3)CC2)c1. The number of pyridine rings is 1. The molecule has 144 valence electrons. The molecule has 0 aliphatic carbocycles. The zero-order valence-corrected chi connectivity index (χ0v) is 16.6. The Bertz CT molecular complexity index is 766. The number of benzene rings is 1. The predicted molar refractivity (Wildman–Crippen MR) is 111 cm³/mol.